The van der Waals surface area contributed by atoms with E-state index in [9.17, 15) is 13.2 Å². The quantitative estimate of drug-likeness (QED) is 0.810. The van der Waals surface area contributed by atoms with Crippen LogP contribution in [0.2, 0.25) is 0 Å². The van der Waals surface area contributed by atoms with Gasteiger partial charge in [-0.15, -0.1) is 0 Å². The van der Waals surface area contributed by atoms with Crippen LogP contribution >= 0.6 is 0 Å². The molecular formula is C21H24N2O5S. The Labute approximate surface area is 170 Å². The van der Waals surface area contributed by atoms with E-state index in [4.69, 9.17) is 9.47 Å². The van der Waals surface area contributed by atoms with Gasteiger partial charge in [0.2, 0.25) is 0 Å². The minimum atomic E-state index is -3.85. The Hall–Kier alpha value is -2.58. The highest BCUT2D eigenvalue weighted by molar-refractivity contribution is 7.92. The van der Waals surface area contributed by atoms with Gasteiger partial charge in [-0.3, -0.25) is 9.52 Å². The molecule has 0 aliphatic carbocycles. The Kier molecular flexibility index (Phi) is 5.23. The van der Waals surface area contributed by atoms with Crippen LogP contribution in [0.5, 0.6) is 5.75 Å². The number of nitrogens with one attached hydrogen (secondary N) is 1. The largest absolute Gasteiger partial charge is 0.495 e. The van der Waals surface area contributed by atoms with E-state index >= 15 is 0 Å². The van der Waals surface area contributed by atoms with Gasteiger partial charge in [0.25, 0.3) is 15.9 Å². The van der Waals surface area contributed by atoms with Gasteiger partial charge in [-0.1, -0.05) is 12.1 Å². The molecule has 7 nitrogen and oxygen atoms in total. The molecule has 0 radical (unpaired) electrons. The molecule has 2 aliphatic heterocycles. The second-order valence-electron chi connectivity index (χ2n) is 7.34. The minimum absolute atomic E-state index is 0.0541. The molecule has 1 amide bonds. The molecule has 0 bridgehead atoms. The fourth-order valence-electron chi connectivity index (χ4n) is 3.82. The summed E-state index contributed by atoms with van der Waals surface area (Å²) in [4.78, 5) is 14.6. The maximum absolute atomic E-state index is 13.0. The molecule has 1 unspecified atom stereocenters. The molecule has 0 spiro atoms. The van der Waals surface area contributed by atoms with Crippen molar-refractivity contribution in [3.05, 3.63) is 47.5 Å². The van der Waals surface area contributed by atoms with E-state index < -0.39 is 16.1 Å². The van der Waals surface area contributed by atoms with Gasteiger partial charge in [0, 0.05) is 18.8 Å². The Balaban J connectivity index is 1.62. The average molecular weight is 416 g/mol. The molecule has 1 N–H and O–H groups in total. The van der Waals surface area contributed by atoms with E-state index in [1.807, 2.05) is 13.0 Å². The van der Waals surface area contributed by atoms with E-state index in [0.717, 1.165) is 36.1 Å². The molecule has 8 heteroatoms. The predicted molar refractivity (Wildman–Crippen MR) is 110 cm³/mol. The maximum atomic E-state index is 13.0. The van der Waals surface area contributed by atoms with Crippen molar-refractivity contribution in [1.82, 2.24) is 0 Å². The van der Waals surface area contributed by atoms with Crippen LogP contribution in [0.1, 0.15) is 24.0 Å². The second-order valence-corrected chi connectivity index (χ2v) is 9.00. The summed E-state index contributed by atoms with van der Waals surface area (Å²) in [6.07, 6.45) is 1.95. The van der Waals surface area contributed by atoms with Crippen LogP contribution in [0.25, 0.3) is 0 Å². The van der Waals surface area contributed by atoms with Gasteiger partial charge in [0.15, 0.2) is 0 Å². The third kappa shape index (κ3) is 3.82. The Morgan fingerprint density at radius 2 is 2.07 bits per heavy atom. The summed E-state index contributed by atoms with van der Waals surface area (Å²) in [6.45, 7) is 3.01. The molecule has 1 atom stereocenters. The van der Waals surface area contributed by atoms with E-state index in [-0.39, 0.29) is 16.6 Å². The highest BCUT2D eigenvalue weighted by Gasteiger charge is 2.33. The van der Waals surface area contributed by atoms with Crippen LogP contribution < -0.4 is 14.4 Å². The number of carbonyl (C=O) groups is 1. The predicted octanol–water partition coefficient (Wildman–Crippen LogP) is 2.87. The van der Waals surface area contributed by atoms with Crippen molar-refractivity contribution in [2.45, 2.75) is 37.2 Å². The number of methoxy groups -OCH3 is 1. The first-order valence-electron chi connectivity index (χ1n) is 9.62. The van der Waals surface area contributed by atoms with Crippen molar-refractivity contribution in [2.24, 2.45) is 0 Å². The van der Waals surface area contributed by atoms with Gasteiger partial charge in [-0.05, 0) is 61.6 Å². The van der Waals surface area contributed by atoms with Crippen LogP contribution in [-0.2, 0) is 26.0 Å². The smallest absolute Gasteiger partial charge is 0.265 e. The van der Waals surface area contributed by atoms with Crippen molar-refractivity contribution < 1.29 is 22.7 Å². The number of carbonyl (C=O) groups excluding carboxylic acids is 1. The zero-order valence-electron chi connectivity index (χ0n) is 16.5. The van der Waals surface area contributed by atoms with E-state index in [1.54, 1.807) is 35.2 Å². The van der Waals surface area contributed by atoms with E-state index in [2.05, 4.69) is 4.72 Å². The van der Waals surface area contributed by atoms with Gasteiger partial charge in [0.05, 0.1) is 12.8 Å². The molecule has 2 heterocycles. The molecule has 0 saturated carbocycles. The number of rotatable bonds is 5. The number of aryl methyl sites for hydroxylation is 1. The number of hydrogen-bond acceptors (Lipinski definition) is 5. The summed E-state index contributed by atoms with van der Waals surface area (Å²) in [6, 6.07) is 10.3. The van der Waals surface area contributed by atoms with Gasteiger partial charge in [-0.25, -0.2) is 8.42 Å². The lowest BCUT2D eigenvalue weighted by molar-refractivity contribution is -0.127. The Morgan fingerprint density at radius 1 is 1.24 bits per heavy atom. The van der Waals surface area contributed by atoms with Crippen LogP contribution in [-0.4, -0.2) is 40.7 Å². The summed E-state index contributed by atoms with van der Waals surface area (Å²) >= 11 is 0. The fraction of sp³-hybridized carbons (Fsp3) is 0.381. The lowest BCUT2D eigenvalue weighted by atomic mass is 10.1. The summed E-state index contributed by atoms with van der Waals surface area (Å²) in [7, 11) is -2.41. The zero-order valence-corrected chi connectivity index (χ0v) is 17.3. The van der Waals surface area contributed by atoms with Gasteiger partial charge in [-0.2, -0.15) is 0 Å². The number of amides is 1. The first kappa shape index (κ1) is 19.7. The van der Waals surface area contributed by atoms with Crippen LogP contribution in [0, 0.1) is 6.92 Å². The lowest BCUT2D eigenvalue weighted by Gasteiger charge is -2.21. The third-order valence-electron chi connectivity index (χ3n) is 5.31. The number of sulfonamides is 1. The van der Waals surface area contributed by atoms with E-state index in [1.165, 1.54) is 7.11 Å². The molecule has 154 valence electrons. The lowest BCUT2D eigenvalue weighted by Crippen LogP contribution is -2.37. The number of anilines is 2. The standard InChI is InChI=1S/C21H24N2O5S/c1-14-5-8-18(27-2)20(12-14)29(25,26)22-16-7-6-15-9-10-23(17(15)13-16)21(24)19-4-3-11-28-19/h5-8,12-13,19,22H,3-4,9-11H2,1-2H3. The molecule has 0 aromatic heterocycles. The topological polar surface area (TPSA) is 84.9 Å². The number of benzene rings is 2. The van der Waals surface area contributed by atoms with Crippen LogP contribution in [0.15, 0.2) is 41.3 Å². The Bertz CT molecular complexity index is 1050. The zero-order chi connectivity index (χ0) is 20.6. The molecule has 29 heavy (non-hydrogen) atoms. The molecular weight excluding hydrogens is 392 g/mol. The highest BCUT2D eigenvalue weighted by Crippen LogP contribution is 2.34. The summed E-state index contributed by atoms with van der Waals surface area (Å²) in [5.74, 6) is 0.223. The first-order valence-corrected chi connectivity index (χ1v) is 11.1. The summed E-state index contributed by atoms with van der Waals surface area (Å²) in [5, 5.41) is 0. The van der Waals surface area contributed by atoms with Crippen molar-refractivity contribution in [3.63, 3.8) is 0 Å². The third-order valence-corrected chi connectivity index (χ3v) is 6.72. The first-order chi connectivity index (χ1) is 13.9. The number of ether oxygens (including phenoxy) is 2. The molecule has 4 rings (SSSR count). The molecule has 1 fully saturated rings. The fourth-order valence-corrected chi connectivity index (χ4v) is 5.13. The Morgan fingerprint density at radius 3 is 2.79 bits per heavy atom. The molecule has 2 aliphatic rings. The van der Waals surface area contributed by atoms with Crippen molar-refractivity contribution in [3.8, 4) is 5.75 Å². The number of fused-ring (bicyclic) bond motifs is 1. The molecule has 2 aromatic carbocycles. The number of nitrogens with zero attached hydrogens (tertiary/aromatic N) is 1. The van der Waals surface area contributed by atoms with Crippen molar-refractivity contribution in [1.29, 1.82) is 0 Å². The van der Waals surface area contributed by atoms with Gasteiger partial charge < -0.3 is 14.4 Å². The van der Waals surface area contributed by atoms with E-state index in [0.29, 0.717) is 18.8 Å². The van der Waals surface area contributed by atoms with Gasteiger partial charge >= 0.3 is 0 Å². The normalized spacial score (nSPS) is 18.6. The summed E-state index contributed by atoms with van der Waals surface area (Å²) < 4.78 is 39.3. The maximum Gasteiger partial charge on any atom is 0.265 e. The SMILES string of the molecule is COc1ccc(C)cc1S(=O)(=O)Nc1ccc2c(c1)N(C(=O)C1CCCO1)CC2. The van der Waals surface area contributed by atoms with Crippen molar-refractivity contribution in [2.75, 3.05) is 29.9 Å². The second kappa shape index (κ2) is 7.68. The minimum Gasteiger partial charge on any atom is -0.495 e. The van der Waals surface area contributed by atoms with Crippen LogP contribution in [0.3, 0.4) is 0 Å². The van der Waals surface area contributed by atoms with Gasteiger partial charge in [0.1, 0.15) is 16.7 Å². The van der Waals surface area contributed by atoms with Crippen LogP contribution in [0.4, 0.5) is 11.4 Å². The number of hydrogen-bond donors (Lipinski definition) is 1. The molecule has 1 saturated heterocycles. The summed E-state index contributed by atoms with van der Waals surface area (Å²) in [5.41, 5.74) is 2.97. The van der Waals surface area contributed by atoms with Crippen molar-refractivity contribution >= 4 is 27.3 Å². The highest BCUT2D eigenvalue weighted by atomic mass is 32.2. The molecule has 2 aromatic rings. The monoisotopic (exact) mass is 416 g/mol. The average Bonchev–Trinajstić information content (AvgIpc) is 3.37.